The number of para-hydroxylation sites is 1. The van der Waals surface area contributed by atoms with E-state index in [9.17, 15) is 14.4 Å². The number of anilines is 1. The van der Waals surface area contributed by atoms with Crippen LogP contribution < -0.4 is 16.2 Å². The first-order chi connectivity index (χ1) is 11.6. The number of hydrogen-bond donors (Lipinski definition) is 2. The van der Waals surface area contributed by atoms with E-state index in [0.29, 0.717) is 16.9 Å². The molecule has 0 aliphatic carbocycles. The summed E-state index contributed by atoms with van der Waals surface area (Å²) in [6, 6.07) is 11.7. The van der Waals surface area contributed by atoms with Crippen molar-refractivity contribution in [2.45, 2.75) is 0 Å². The largest absolute Gasteiger partial charge is 0.355 e. The molecule has 0 radical (unpaired) electrons. The molecule has 2 N–H and O–H groups in total. The van der Waals surface area contributed by atoms with Crippen molar-refractivity contribution in [3.05, 3.63) is 76.3 Å². The summed E-state index contributed by atoms with van der Waals surface area (Å²) >= 11 is 0. The van der Waals surface area contributed by atoms with Crippen LogP contribution in [0.1, 0.15) is 20.7 Å². The Kier molecular flexibility index (Phi) is 4.07. The van der Waals surface area contributed by atoms with Crippen molar-refractivity contribution < 1.29 is 9.59 Å². The molecule has 0 atom stereocenters. The lowest BCUT2D eigenvalue weighted by atomic mass is 10.1. The smallest absolute Gasteiger partial charge is 0.270 e. The zero-order chi connectivity index (χ0) is 17.1. The van der Waals surface area contributed by atoms with Gasteiger partial charge in [0.15, 0.2) is 0 Å². The first kappa shape index (κ1) is 15.4. The highest BCUT2D eigenvalue weighted by atomic mass is 16.2. The van der Waals surface area contributed by atoms with Gasteiger partial charge in [-0.1, -0.05) is 18.2 Å². The quantitative estimate of drug-likeness (QED) is 0.760. The molecule has 2 aromatic heterocycles. The van der Waals surface area contributed by atoms with E-state index in [1.165, 1.54) is 17.6 Å². The fourth-order valence-corrected chi connectivity index (χ4v) is 2.30. The number of carbonyl (C=O) groups excluding carboxylic acids is 2. The molecule has 0 spiro atoms. The van der Waals surface area contributed by atoms with Crippen LogP contribution in [0.2, 0.25) is 0 Å². The van der Waals surface area contributed by atoms with Crippen LogP contribution in [-0.2, 0) is 0 Å². The van der Waals surface area contributed by atoms with Crippen LogP contribution in [0, 0.1) is 0 Å². The van der Waals surface area contributed by atoms with Gasteiger partial charge in [-0.15, -0.1) is 0 Å². The Morgan fingerprint density at radius 3 is 2.54 bits per heavy atom. The number of aromatic nitrogens is 2. The molecule has 0 fully saturated rings. The lowest BCUT2D eigenvalue weighted by molar-refractivity contribution is 0.0964. The number of rotatable bonds is 3. The van der Waals surface area contributed by atoms with Crippen molar-refractivity contribution >= 4 is 23.1 Å². The first-order valence-electron chi connectivity index (χ1n) is 7.20. The van der Waals surface area contributed by atoms with E-state index >= 15 is 0 Å². The van der Waals surface area contributed by atoms with Gasteiger partial charge in [0, 0.05) is 19.4 Å². The molecule has 0 saturated carbocycles. The van der Waals surface area contributed by atoms with Crippen molar-refractivity contribution in [1.82, 2.24) is 14.7 Å². The topological polar surface area (TPSA) is 92.6 Å². The SMILES string of the molecule is CNC(=O)c1ccccc1NC(=O)c1cnc2ccccn2c1=O. The fourth-order valence-electron chi connectivity index (χ4n) is 2.30. The molecule has 0 saturated heterocycles. The van der Waals surface area contributed by atoms with Gasteiger partial charge in [0.2, 0.25) is 0 Å². The minimum absolute atomic E-state index is 0.106. The van der Waals surface area contributed by atoms with Crippen molar-refractivity contribution in [3.63, 3.8) is 0 Å². The second-order valence-corrected chi connectivity index (χ2v) is 4.98. The Labute approximate surface area is 137 Å². The van der Waals surface area contributed by atoms with E-state index in [4.69, 9.17) is 0 Å². The molecule has 0 bridgehead atoms. The number of nitrogens with zero attached hydrogens (tertiary/aromatic N) is 2. The summed E-state index contributed by atoms with van der Waals surface area (Å²) in [7, 11) is 1.50. The molecular weight excluding hydrogens is 308 g/mol. The minimum Gasteiger partial charge on any atom is -0.355 e. The van der Waals surface area contributed by atoms with Gasteiger partial charge in [0.1, 0.15) is 11.2 Å². The number of fused-ring (bicyclic) bond motifs is 1. The molecule has 7 nitrogen and oxygen atoms in total. The lowest BCUT2D eigenvalue weighted by Gasteiger charge is -2.10. The Morgan fingerprint density at radius 1 is 1.00 bits per heavy atom. The van der Waals surface area contributed by atoms with E-state index in [0.717, 1.165) is 0 Å². The van der Waals surface area contributed by atoms with E-state index < -0.39 is 11.5 Å². The third-order valence-corrected chi connectivity index (χ3v) is 3.51. The summed E-state index contributed by atoms with van der Waals surface area (Å²) in [5.41, 5.74) is 0.493. The first-order valence-corrected chi connectivity index (χ1v) is 7.20. The van der Waals surface area contributed by atoms with Gasteiger partial charge < -0.3 is 10.6 Å². The van der Waals surface area contributed by atoms with Gasteiger partial charge in [-0.3, -0.25) is 18.8 Å². The number of benzene rings is 1. The average molecular weight is 322 g/mol. The van der Waals surface area contributed by atoms with Crippen LogP contribution in [0.5, 0.6) is 0 Å². The molecule has 2 amide bonds. The van der Waals surface area contributed by atoms with E-state index in [2.05, 4.69) is 15.6 Å². The highest BCUT2D eigenvalue weighted by Crippen LogP contribution is 2.15. The predicted molar refractivity (Wildman–Crippen MR) is 89.2 cm³/mol. The van der Waals surface area contributed by atoms with Gasteiger partial charge >= 0.3 is 0 Å². The van der Waals surface area contributed by atoms with Crippen molar-refractivity contribution in [2.75, 3.05) is 12.4 Å². The molecule has 2 heterocycles. The zero-order valence-corrected chi connectivity index (χ0v) is 12.8. The van der Waals surface area contributed by atoms with Gasteiger partial charge in [-0.05, 0) is 24.3 Å². The van der Waals surface area contributed by atoms with Crippen LogP contribution in [-0.4, -0.2) is 28.2 Å². The van der Waals surface area contributed by atoms with E-state index in [-0.39, 0.29) is 11.5 Å². The van der Waals surface area contributed by atoms with Crippen molar-refractivity contribution in [3.8, 4) is 0 Å². The highest BCUT2D eigenvalue weighted by molar-refractivity contribution is 6.08. The second kappa shape index (κ2) is 6.33. The van der Waals surface area contributed by atoms with Gasteiger partial charge in [0.25, 0.3) is 17.4 Å². The summed E-state index contributed by atoms with van der Waals surface area (Å²) < 4.78 is 1.29. The maximum absolute atomic E-state index is 12.4. The third-order valence-electron chi connectivity index (χ3n) is 3.51. The summed E-state index contributed by atoms with van der Waals surface area (Å²) in [5.74, 6) is -0.957. The number of pyridine rings is 1. The molecule has 0 aliphatic heterocycles. The molecule has 3 aromatic rings. The summed E-state index contributed by atoms with van der Waals surface area (Å²) in [6.45, 7) is 0. The molecule has 0 unspecified atom stereocenters. The second-order valence-electron chi connectivity index (χ2n) is 4.98. The minimum atomic E-state index is -0.623. The number of carbonyl (C=O) groups is 2. The van der Waals surface area contributed by atoms with E-state index in [1.54, 1.807) is 48.7 Å². The fraction of sp³-hybridized carbons (Fsp3) is 0.0588. The zero-order valence-electron chi connectivity index (χ0n) is 12.8. The normalized spacial score (nSPS) is 10.4. The van der Waals surface area contributed by atoms with Crippen LogP contribution in [0.25, 0.3) is 5.65 Å². The Bertz CT molecular complexity index is 994. The Balaban J connectivity index is 1.99. The van der Waals surface area contributed by atoms with E-state index in [1.807, 2.05) is 0 Å². The number of amides is 2. The van der Waals surface area contributed by atoms with Gasteiger partial charge in [-0.2, -0.15) is 0 Å². The van der Waals surface area contributed by atoms with Crippen LogP contribution in [0.3, 0.4) is 0 Å². The van der Waals surface area contributed by atoms with Crippen LogP contribution in [0.15, 0.2) is 59.7 Å². The molecular formula is C17H14N4O3. The molecule has 7 heteroatoms. The molecule has 120 valence electrons. The lowest BCUT2D eigenvalue weighted by Crippen LogP contribution is -2.27. The molecule has 1 aromatic carbocycles. The van der Waals surface area contributed by atoms with Crippen molar-refractivity contribution in [1.29, 1.82) is 0 Å². The summed E-state index contributed by atoms with van der Waals surface area (Å²) in [5, 5.41) is 5.10. The molecule has 24 heavy (non-hydrogen) atoms. The summed E-state index contributed by atoms with van der Waals surface area (Å²) in [4.78, 5) is 40.8. The molecule has 0 aliphatic rings. The van der Waals surface area contributed by atoms with Gasteiger partial charge in [-0.25, -0.2) is 4.98 Å². The Hall–Kier alpha value is -3.48. The Morgan fingerprint density at radius 2 is 1.75 bits per heavy atom. The monoisotopic (exact) mass is 322 g/mol. The predicted octanol–water partition coefficient (Wildman–Crippen LogP) is 1.31. The van der Waals surface area contributed by atoms with Gasteiger partial charge in [0.05, 0.1) is 11.3 Å². The van der Waals surface area contributed by atoms with Crippen LogP contribution >= 0.6 is 0 Å². The molecule has 3 rings (SSSR count). The average Bonchev–Trinajstić information content (AvgIpc) is 2.62. The van der Waals surface area contributed by atoms with Crippen LogP contribution in [0.4, 0.5) is 5.69 Å². The summed E-state index contributed by atoms with van der Waals surface area (Å²) in [6.07, 6.45) is 2.77. The highest BCUT2D eigenvalue weighted by Gasteiger charge is 2.16. The maximum Gasteiger partial charge on any atom is 0.270 e. The standard InChI is InChI=1S/C17H14N4O3/c1-18-15(22)11-6-2-3-7-13(11)20-16(23)12-10-19-14-8-4-5-9-21(14)17(12)24/h2-10H,1H3,(H,18,22)(H,20,23). The number of hydrogen-bond acceptors (Lipinski definition) is 4. The van der Waals surface area contributed by atoms with Crippen molar-refractivity contribution in [2.24, 2.45) is 0 Å². The number of nitrogens with one attached hydrogen (secondary N) is 2. The maximum atomic E-state index is 12.4. The third kappa shape index (κ3) is 2.74.